The number of nitrogens with one attached hydrogen (secondary N) is 1. The maximum Gasteiger partial charge on any atom is 0.264 e. The molecule has 1 N–H and O–H groups in total. The number of rotatable bonds is 12. The molecule has 202 valence electrons. The van der Waals surface area contributed by atoms with Gasteiger partial charge in [0, 0.05) is 18.1 Å². The van der Waals surface area contributed by atoms with Gasteiger partial charge in [0.2, 0.25) is 11.8 Å². The van der Waals surface area contributed by atoms with Crippen LogP contribution in [0.1, 0.15) is 37.8 Å². The molecule has 0 aliphatic rings. The van der Waals surface area contributed by atoms with Crippen molar-refractivity contribution in [1.82, 2.24) is 10.2 Å². The smallest absolute Gasteiger partial charge is 0.264 e. The summed E-state index contributed by atoms with van der Waals surface area (Å²) < 4.78 is 28.6. The summed E-state index contributed by atoms with van der Waals surface area (Å²) in [6, 6.07) is 21.1. The molecular formula is C29H34ClN3O4S. The van der Waals surface area contributed by atoms with E-state index in [1.807, 2.05) is 45.0 Å². The van der Waals surface area contributed by atoms with Crippen molar-refractivity contribution >= 4 is 39.1 Å². The van der Waals surface area contributed by atoms with Gasteiger partial charge in [0.15, 0.2) is 0 Å². The van der Waals surface area contributed by atoms with Gasteiger partial charge in [0.25, 0.3) is 10.0 Å². The van der Waals surface area contributed by atoms with Crippen molar-refractivity contribution in [2.24, 2.45) is 0 Å². The van der Waals surface area contributed by atoms with Crippen molar-refractivity contribution in [2.75, 3.05) is 17.4 Å². The molecule has 0 aliphatic carbocycles. The minimum atomic E-state index is -4.10. The number of hydrogen-bond donors (Lipinski definition) is 1. The minimum Gasteiger partial charge on any atom is -0.354 e. The Morgan fingerprint density at radius 2 is 1.55 bits per heavy atom. The van der Waals surface area contributed by atoms with Gasteiger partial charge in [-0.15, -0.1) is 0 Å². The highest BCUT2D eigenvalue weighted by Crippen LogP contribution is 2.26. The lowest BCUT2D eigenvalue weighted by molar-refractivity contribution is -0.140. The Morgan fingerprint density at radius 3 is 2.16 bits per heavy atom. The maximum absolute atomic E-state index is 14.0. The first-order valence-corrected chi connectivity index (χ1v) is 14.5. The number of carbonyl (C=O) groups excluding carboxylic acids is 2. The van der Waals surface area contributed by atoms with E-state index in [-0.39, 0.29) is 17.3 Å². The van der Waals surface area contributed by atoms with E-state index in [1.54, 1.807) is 42.5 Å². The third-order valence-corrected chi connectivity index (χ3v) is 8.30. The fraction of sp³-hybridized carbons (Fsp3) is 0.310. The van der Waals surface area contributed by atoms with E-state index in [4.69, 9.17) is 11.6 Å². The van der Waals surface area contributed by atoms with Gasteiger partial charge < -0.3 is 10.2 Å². The first-order valence-electron chi connectivity index (χ1n) is 12.6. The van der Waals surface area contributed by atoms with E-state index >= 15 is 0 Å². The lowest BCUT2D eigenvalue weighted by Crippen LogP contribution is -2.52. The number of carbonyl (C=O) groups is 2. The Hall–Kier alpha value is -3.36. The van der Waals surface area contributed by atoms with Gasteiger partial charge in [-0.3, -0.25) is 13.9 Å². The summed E-state index contributed by atoms with van der Waals surface area (Å²) in [5.41, 5.74) is 2.15. The fourth-order valence-electron chi connectivity index (χ4n) is 4.11. The molecule has 0 bridgehead atoms. The molecule has 0 aromatic heterocycles. The van der Waals surface area contributed by atoms with Crippen LogP contribution in [0.3, 0.4) is 0 Å². The van der Waals surface area contributed by atoms with Crippen molar-refractivity contribution in [1.29, 1.82) is 0 Å². The van der Waals surface area contributed by atoms with Gasteiger partial charge in [-0.25, -0.2) is 8.42 Å². The van der Waals surface area contributed by atoms with Crippen molar-refractivity contribution in [3.8, 4) is 0 Å². The number of amides is 2. The number of anilines is 1. The normalized spacial score (nSPS) is 12.0. The average Bonchev–Trinajstić information content (AvgIpc) is 2.92. The maximum atomic E-state index is 14.0. The number of sulfonamides is 1. The first kappa shape index (κ1) is 29.2. The molecule has 0 aliphatic heterocycles. The number of halogens is 1. The van der Waals surface area contributed by atoms with E-state index in [9.17, 15) is 18.0 Å². The van der Waals surface area contributed by atoms with Gasteiger partial charge in [-0.2, -0.15) is 0 Å². The van der Waals surface area contributed by atoms with Crippen LogP contribution < -0.4 is 9.62 Å². The van der Waals surface area contributed by atoms with Gasteiger partial charge in [-0.05, 0) is 67.3 Å². The fourth-order valence-corrected chi connectivity index (χ4v) is 5.67. The second-order valence-electron chi connectivity index (χ2n) is 8.96. The summed E-state index contributed by atoms with van der Waals surface area (Å²) in [5, 5.41) is 3.33. The molecule has 0 heterocycles. The molecule has 0 radical (unpaired) electrons. The number of aryl methyl sites for hydroxylation is 1. The van der Waals surface area contributed by atoms with Crippen molar-refractivity contribution in [3.63, 3.8) is 0 Å². The van der Waals surface area contributed by atoms with E-state index in [2.05, 4.69) is 5.32 Å². The average molecular weight is 556 g/mol. The van der Waals surface area contributed by atoms with E-state index in [0.29, 0.717) is 23.7 Å². The lowest BCUT2D eigenvalue weighted by atomic mass is 10.1. The molecule has 0 saturated carbocycles. The van der Waals surface area contributed by atoms with Crippen LogP contribution in [-0.2, 0) is 26.2 Å². The molecule has 0 unspecified atom stereocenters. The molecular weight excluding hydrogens is 522 g/mol. The second-order valence-corrected chi connectivity index (χ2v) is 11.3. The predicted octanol–water partition coefficient (Wildman–Crippen LogP) is 5.18. The molecule has 3 aromatic carbocycles. The summed E-state index contributed by atoms with van der Waals surface area (Å²) in [5.74, 6) is -0.749. The summed E-state index contributed by atoms with van der Waals surface area (Å²) >= 11 is 6.06. The SMILES string of the molecule is CCCNC(=O)[C@H](CC)N(Cc1ccccc1C)C(=O)CN(c1ccc(Cl)cc1)S(=O)(=O)c1ccccc1. The topological polar surface area (TPSA) is 86.8 Å². The van der Waals surface area contributed by atoms with Crippen LogP contribution in [0.2, 0.25) is 5.02 Å². The molecule has 1 atom stereocenters. The van der Waals surface area contributed by atoms with Gasteiger partial charge in [-0.1, -0.05) is 67.9 Å². The second kappa shape index (κ2) is 13.4. The Kier molecular flexibility index (Phi) is 10.3. The van der Waals surface area contributed by atoms with Crippen LogP contribution in [0.25, 0.3) is 0 Å². The zero-order chi connectivity index (χ0) is 27.7. The molecule has 38 heavy (non-hydrogen) atoms. The monoisotopic (exact) mass is 555 g/mol. The molecule has 9 heteroatoms. The Bertz CT molecular complexity index is 1330. The number of benzene rings is 3. The van der Waals surface area contributed by atoms with Crippen molar-refractivity contribution in [3.05, 3.63) is 95.0 Å². The van der Waals surface area contributed by atoms with Gasteiger partial charge in [0.05, 0.1) is 10.6 Å². The largest absolute Gasteiger partial charge is 0.354 e. The van der Waals surface area contributed by atoms with Crippen LogP contribution in [-0.4, -0.2) is 44.3 Å². The van der Waals surface area contributed by atoms with Crippen LogP contribution in [0.15, 0.2) is 83.8 Å². The Morgan fingerprint density at radius 1 is 0.921 bits per heavy atom. The molecule has 0 saturated heterocycles. The summed E-state index contributed by atoms with van der Waals surface area (Å²) in [7, 11) is -4.10. The third-order valence-electron chi connectivity index (χ3n) is 6.26. The molecule has 0 spiro atoms. The summed E-state index contributed by atoms with van der Waals surface area (Å²) in [6.45, 7) is 5.91. The van der Waals surface area contributed by atoms with Crippen LogP contribution in [0.5, 0.6) is 0 Å². The number of nitrogens with zero attached hydrogens (tertiary/aromatic N) is 2. The van der Waals surface area contributed by atoms with Crippen molar-refractivity contribution < 1.29 is 18.0 Å². The minimum absolute atomic E-state index is 0.0564. The highest BCUT2D eigenvalue weighted by molar-refractivity contribution is 7.92. The highest BCUT2D eigenvalue weighted by Gasteiger charge is 2.33. The molecule has 3 aromatic rings. The lowest BCUT2D eigenvalue weighted by Gasteiger charge is -2.33. The predicted molar refractivity (Wildman–Crippen MR) is 152 cm³/mol. The number of hydrogen-bond acceptors (Lipinski definition) is 4. The van der Waals surface area contributed by atoms with E-state index < -0.39 is 28.5 Å². The molecule has 2 amide bonds. The summed E-state index contributed by atoms with van der Waals surface area (Å²) in [4.78, 5) is 28.6. The summed E-state index contributed by atoms with van der Waals surface area (Å²) in [6.07, 6.45) is 1.13. The zero-order valence-electron chi connectivity index (χ0n) is 21.9. The first-order chi connectivity index (χ1) is 18.2. The molecule has 0 fully saturated rings. The standard InChI is InChI=1S/C29H34ClN3O4S/c1-4-19-31-29(35)27(5-2)32(20-23-12-10-9-11-22(23)3)28(34)21-33(25-17-15-24(30)16-18-25)38(36,37)26-13-7-6-8-14-26/h6-18,27H,4-5,19-21H2,1-3H3,(H,31,35)/t27-/m0/s1. The highest BCUT2D eigenvalue weighted by atomic mass is 35.5. The zero-order valence-corrected chi connectivity index (χ0v) is 23.5. The van der Waals surface area contributed by atoms with E-state index in [1.165, 1.54) is 17.0 Å². The Labute approximate surface area is 230 Å². The van der Waals surface area contributed by atoms with Gasteiger partial charge >= 0.3 is 0 Å². The third kappa shape index (κ3) is 7.14. The Balaban J connectivity index is 2.04. The quantitative estimate of drug-likeness (QED) is 0.334. The van der Waals surface area contributed by atoms with E-state index in [0.717, 1.165) is 21.9 Å². The van der Waals surface area contributed by atoms with Gasteiger partial charge in [0.1, 0.15) is 12.6 Å². The molecule has 3 rings (SSSR count). The van der Waals surface area contributed by atoms with Crippen molar-refractivity contribution in [2.45, 2.75) is 51.1 Å². The van der Waals surface area contributed by atoms with Crippen LogP contribution >= 0.6 is 11.6 Å². The molecule has 7 nitrogen and oxygen atoms in total. The van der Waals surface area contributed by atoms with Crippen LogP contribution in [0, 0.1) is 6.92 Å². The van der Waals surface area contributed by atoms with Crippen LogP contribution in [0.4, 0.5) is 5.69 Å².